The van der Waals surface area contributed by atoms with Gasteiger partial charge in [0.1, 0.15) is 5.75 Å². The van der Waals surface area contributed by atoms with Crippen molar-refractivity contribution in [2.75, 3.05) is 18.6 Å². The monoisotopic (exact) mass is 304 g/mol. The molecule has 0 atom stereocenters. The van der Waals surface area contributed by atoms with E-state index in [0.717, 1.165) is 33.8 Å². The van der Waals surface area contributed by atoms with Crippen molar-refractivity contribution in [1.29, 1.82) is 0 Å². The molecule has 3 nitrogen and oxygen atoms in total. The number of methoxy groups -OCH3 is 1. The van der Waals surface area contributed by atoms with Gasteiger partial charge in [-0.2, -0.15) is 0 Å². The van der Waals surface area contributed by atoms with E-state index in [1.807, 2.05) is 42.5 Å². The molecule has 0 heterocycles. The lowest BCUT2D eigenvalue weighted by atomic mass is 9.84. The number of rotatable bonds is 4. The first kappa shape index (κ1) is 15.0. The molecule has 0 amide bonds. The van der Waals surface area contributed by atoms with E-state index in [0.29, 0.717) is 0 Å². The highest BCUT2D eigenvalue weighted by molar-refractivity contribution is 5.53. The largest absolute Gasteiger partial charge is 0.496 e. The molecular formula is C20H20N2O. The Bertz CT molecular complexity index is 734. The normalized spacial score (nSPS) is 10.7. The van der Waals surface area contributed by atoms with Gasteiger partial charge >= 0.3 is 0 Å². The summed E-state index contributed by atoms with van der Waals surface area (Å²) in [6.07, 6.45) is 0. The van der Waals surface area contributed by atoms with Crippen LogP contribution in [0.1, 0.15) is 22.6 Å². The third-order valence-electron chi connectivity index (χ3n) is 3.99. The zero-order valence-corrected chi connectivity index (χ0v) is 13.1. The lowest BCUT2D eigenvalue weighted by Gasteiger charge is -2.21. The number of para-hydroxylation sites is 1. The minimum atomic E-state index is 0.0624. The third-order valence-corrected chi connectivity index (χ3v) is 3.99. The summed E-state index contributed by atoms with van der Waals surface area (Å²) in [7, 11) is 1.70. The molecule has 0 spiro atoms. The molecule has 3 rings (SSSR count). The van der Waals surface area contributed by atoms with Crippen LogP contribution >= 0.6 is 0 Å². The smallest absolute Gasteiger partial charge is 0.123 e. The van der Waals surface area contributed by atoms with Crippen molar-refractivity contribution < 1.29 is 4.74 Å². The molecule has 0 radical (unpaired) electrons. The second-order valence-electron chi connectivity index (χ2n) is 5.51. The van der Waals surface area contributed by atoms with Crippen LogP contribution in [0.25, 0.3) is 0 Å². The van der Waals surface area contributed by atoms with Gasteiger partial charge in [0.15, 0.2) is 0 Å². The summed E-state index contributed by atoms with van der Waals surface area (Å²) in [5.74, 6) is 0.929. The van der Waals surface area contributed by atoms with Gasteiger partial charge in [0, 0.05) is 22.9 Å². The van der Waals surface area contributed by atoms with Crippen molar-refractivity contribution in [3.63, 3.8) is 0 Å². The second kappa shape index (κ2) is 6.44. The van der Waals surface area contributed by atoms with Gasteiger partial charge in [-0.1, -0.05) is 42.5 Å². The number of nitrogen functional groups attached to an aromatic ring is 2. The molecule has 3 aromatic rings. The van der Waals surface area contributed by atoms with Crippen molar-refractivity contribution in [3.8, 4) is 5.75 Å². The third kappa shape index (κ3) is 3.14. The summed E-state index contributed by atoms with van der Waals surface area (Å²) in [6.45, 7) is 0. The maximum Gasteiger partial charge on any atom is 0.123 e. The fourth-order valence-electron chi connectivity index (χ4n) is 2.83. The molecule has 0 bridgehead atoms. The zero-order chi connectivity index (χ0) is 16.2. The molecular weight excluding hydrogens is 284 g/mol. The summed E-state index contributed by atoms with van der Waals surface area (Å²) in [4.78, 5) is 0. The molecule has 4 N–H and O–H groups in total. The Hall–Kier alpha value is -2.94. The average molecular weight is 304 g/mol. The summed E-state index contributed by atoms with van der Waals surface area (Å²) >= 11 is 0. The molecule has 116 valence electrons. The van der Waals surface area contributed by atoms with Crippen molar-refractivity contribution in [1.82, 2.24) is 0 Å². The molecule has 0 aromatic heterocycles. The molecule has 0 aliphatic rings. The molecule has 0 unspecified atom stereocenters. The van der Waals surface area contributed by atoms with Crippen LogP contribution in [0.4, 0.5) is 11.4 Å². The van der Waals surface area contributed by atoms with Crippen molar-refractivity contribution in [2.45, 2.75) is 5.92 Å². The van der Waals surface area contributed by atoms with Crippen LogP contribution in [0.2, 0.25) is 0 Å². The van der Waals surface area contributed by atoms with E-state index in [-0.39, 0.29) is 5.92 Å². The van der Waals surface area contributed by atoms with E-state index in [1.54, 1.807) is 7.11 Å². The van der Waals surface area contributed by atoms with Crippen LogP contribution in [-0.2, 0) is 0 Å². The summed E-state index contributed by atoms with van der Waals surface area (Å²) in [5, 5.41) is 0. The maximum absolute atomic E-state index is 5.84. The van der Waals surface area contributed by atoms with Crippen molar-refractivity contribution in [3.05, 3.63) is 89.5 Å². The van der Waals surface area contributed by atoms with Crippen molar-refractivity contribution >= 4 is 11.4 Å². The Morgan fingerprint density at radius 1 is 0.696 bits per heavy atom. The number of hydrogen-bond donors (Lipinski definition) is 2. The van der Waals surface area contributed by atoms with E-state index in [4.69, 9.17) is 16.2 Å². The second-order valence-corrected chi connectivity index (χ2v) is 5.51. The summed E-state index contributed by atoms with van der Waals surface area (Å²) in [6, 6.07) is 24.0. The van der Waals surface area contributed by atoms with E-state index in [9.17, 15) is 0 Å². The first-order valence-electron chi connectivity index (χ1n) is 7.53. The summed E-state index contributed by atoms with van der Waals surface area (Å²) in [5.41, 5.74) is 16.6. The number of ether oxygens (including phenoxy) is 1. The molecule has 0 aliphatic carbocycles. The Kier molecular flexibility index (Phi) is 4.20. The zero-order valence-electron chi connectivity index (χ0n) is 13.1. The van der Waals surface area contributed by atoms with Gasteiger partial charge < -0.3 is 16.2 Å². The lowest BCUT2D eigenvalue weighted by molar-refractivity contribution is 0.409. The van der Waals surface area contributed by atoms with E-state index < -0.39 is 0 Å². The van der Waals surface area contributed by atoms with Crippen molar-refractivity contribution in [2.24, 2.45) is 0 Å². The highest BCUT2D eigenvalue weighted by atomic mass is 16.5. The molecule has 0 saturated heterocycles. The first-order valence-corrected chi connectivity index (χ1v) is 7.53. The average Bonchev–Trinajstić information content (AvgIpc) is 2.59. The highest BCUT2D eigenvalue weighted by Crippen LogP contribution is 2.37. The standard InChI is InChI=1S/C20H20N2O/c1-23-19-5-3-2-4-18(19)20(14-6-10-16(21)11-7-14)15-8-12-17(22)13-9-15/h2-13,20H,21-22H2,1H3. The van der Waals surface area contributed by atoms with Gasteiger partial charge in [-0.15, -0.1) is 0 Å². The topological polar surface area (TPSA) is 61.3 Å². The minimum absolute atomic E-state index is 0.0624. The van der Waals surface area contributed by atoms with Crippen LogP contribution in [0.5, 0.6) is 5.75 Å². The van der Waals surface area contributed by atoms with Crippen LogP contribution in [0, 0.1) is 0 Å². The fourth-order valence-corrected chi connectivity index (χ4v) is 2.83. The number of anilines is 2. The SMILES string of the molecule is COc1ccccc1C(c1ccc(N)cc1)c1ccc(N)cc1. The van der Waals surface area contributed by atoms with Gasteiger partial charge in [0.2, 0.25) is 0 Å². The maximum atomic E-state index is 5.84. The Morgan fingerprint density at radius 2 is 1.17 bits per heavy atom. The van der Waals surface area contributed by atoms with Gasteiger partial charge in [-0.3, -0.25) is 0 Å². The summed E-state index contributed by atoms with van der Waals surface area (Å²) < 4.78 is 5.57. The Balaban J connectivity index is 2.17. The van der Waals surface area contributed by atoms with E-state index in [2.05, 4.69) is 30.3 Å². The first-order chi connectivity index (χ1) is 11.2. The van der Waals surface area contributed by atoms with E-state index in [1.165, 1.54) is 0 Å². The van der Waals surface area contributed by atoms with E-state index >= 15 is 0 Å². The quantitative estimate of drug-likeness (QED) is 0.565. The minimum Gasteiger partial charge on any atom is -0.496 e. The highest BCUT2D eigenvalue weighted by Gasteiger charge is 2.20. The Morgan fingerprint density at radius 3 is 1.65 bits per heavy atom. The van der Waals surface area contributed by atoms with Gasteiger partial charge in [-0.25, -0.2) is 0 Å². The number of hydrogen-bond acceptors (Lipinski definition) is 3. The molecule has 3 aromatic carbocycles. The van der Waals surface area contributed by atoms with Crippen LogP contribution < -0.4 is 16.2 Å². The van der Waals surface area contributed by atoms with Gasteiger partial charge in [-0.05, 0) is 41.5 Å². The predicted octanol–water partition coefficient (Wildman–Crippen LogP) is 4.04. The molecule has 0 aliphatic heterocycles. The molecule has 3 heteroatoms. The van der Waals surface area contributed by atoms with Crippen LogP contribution in [-0.4, -0.2) is 7.11 Å². The fraction of sp³-hybridized carbons (Fsp3) is 0.100. The van der Waals surface area contributed by atoms with Crippen LogP contribution in [0.3, 0.4) is 0 Å². The van der Waals surface area contributed by atoms with Gasteiger partial charge in [0.05, 0.1) is 7.11 Å². The molecule has 0 fully saturated rings. The number of nitrogens with two attached hydrogens (primary N) is 2. The molecule has 0 saturated carbocycles. The number of benzene rings is 3. The predicted molar refractivity (Wildman–Crippen MR) is 95.6 cm³/mol. The lowest BCUT2D eigenvalue weighted by Crippen LogP contribution is -2.06. The Labute approximate surface area is 136 Å². The van der Waals surface area contributed by atoms with Gasteiger partial charge in [0.25, 0.3) is 0 Å². The van der Waals surface area contributed by atoms with Crippen LogP contribution in [0.15, 0.2) is 72.8 Å². The molecule has 23 heavy (non-hydrogen) atoms.